The Labute approximate surface area is 136 Å². The standard InChI is InChI=1S/C19H21N3O/c1-13-11-15(22-7-9-23-10-8-22)12-14(2)18(13)19-20-16-5-3-4-6-17(16)21-19/h3-6,11-12H,7-10H2,1-2H3,(H,20,21). The molecule has 1 saturated heterocycles. The first-order valence-electron chi connectivity index (χ1n) is 8.11. The topological polar surface area (TPSA) is 41.1 Å². The number of rotatable bonds is 2. The molecule has 2 aromatic carbocycles. The Morgan fingerprint density at radius 3 is 2.43 bits per heavy atom. The molecular weight excluding hydrogens is 286 g/mol. The molecule has 1 aliphatic heterocycles. The number of hydrogen-bond donors (Lipinski definition) is 1. The van der Waals surface area contributed by atoms with Crippen LogP contribution in [0.15, 0.2) is 36.4 Å². The summed E-state index contributed by atoms with van der Waals surface area (Å²) in [6, 6.07) is 12.7. The molecule has 118 valence electrons. The second-order valence-corrected chi connectivity index (χ2v) is 6.16. The summed E-state index contributed by atoms with van der Waals surface area (Å²) in [5.41, 5.74) is 7.09. The van der Waals surface area contributed by atoms with Gasteiger partial charge in [-0.1, -0.05) is 12.1 Å². The molecule has 2 heterocycles. The average molecular weight is 307 g/mol. The van der Waals surface area contributed by atoms with Crippen molar-refractivity contribution in [2.24, 2.45) is 0 Å². The fourth-order valence-electron chi connectivity index (χ4n) is 3.39. The minimum atomic E-state index is 0.809. The van der Waals surface area contributed by atoms with Gasteiger partial charge in [-0.3, -0.25) is 0 Å². The van der Waals surface area contributed by atoms with Crippen LogP contribution in [0.3, 0.4) is 0 Å². The smallest absolute Gasteiger partial charge is 0.139 e. The Bertz CT molecular complexity index is 791. The van der Waals surface area contributed by atoms with Crippen LogP contribution in [0.4, 0.5) is 5.69 Å². The number of aryl methyl sites for hydroxylation is 2. The number of fused-ring (bicyclic) bond motifs is 1. The molecule has 0 spiro atoms. The summed E-state index contributed by atoms with van der Waals surface area (Å²) in [7, 11) is 0. The van der Waals surface area contributed by atoms with E-state index < -0.39 is 0 Å². The molecule has 23 heavy (non-hydrogen) atoms. The van der Waals surface area contributed by atoms with Crippen LogP contribution in [0.5, 0.6) is 0 Å². The lowest BCUT2D eigenvalue weighted by atomic mass is 10.0. The van der Waals surface area contributed by atoms with Gasteiger partial charge >= 0.3 is 0 Å². The minimum Gasteiger partial charge on any atom is -0.378 e. The quantitative estimate of drug-likeness (QED) is 0.785. The molecule has 0 amide bonds. The van der Waals surface area contributed by atoms with Crippen LogP contribution in [0, 0.1) is 13.8 Å². The zero-order valence-corrected chi connectivity index (χ0v) is 13.6. The van der Waals surface area contributed by atoms with E-state index in [1.807, 2.05) is 18.2 Å². The lowest BCUT2D eigenvalue weighted by molar-refractivity contribution is 0.122. The number of anilines is 1. The van der Waals surface area contributed by atoms with E-state index >= 15 is 0 Å². The number of nitrogens with one attached hydrogen (secondary N) is 1. The summed E-state index contributed by atoms with van der Waals surface area (Å²) in [5.74, 6) is 0.953. The van der Waals surface area contributed by atoms with Gasteiger partial charge in [0.05, 0.1) is 24.2 Å². The number of imidazole rings is 1. The van der Waals surface area contributed by atoms with Gasteiger partial charge in [0.15, 0.2) is 0 Å². The summed E-state index contributed by atoms with van der Waals surface area (Å²) in [6.07, 6.45) is 0. The number of morpholine rings is 1. The maximum atomic E-state index is 5.45. The lowest BCUT2D eigenvalue weighted by Crippen LogP contribution is -2.36. The van der Waals surface area contributed by atoms with Crippen LogP contribution < -0.4 is 4.90 Å². The Balaban J connectivity index is 1.76. The summed E-state index contributed by atoms with van der Waals surface area (Å²) < 4.78 is 5.45. The van der Waals surface area contributed by atoms with Crippen molar-refractivity contribution in [2.75, 3.05) is 31.2 Å². The van der Waals surface area contributed by atoms with Gasteiger partial charge in [0.25, 0.3) is 0 Å². The highest BCUT2D eigenvalue weighted by atomic mass is 16.5. The van der Waals surface area contributed by atoms with Crippen LogP contribution in [-0.2, 0) is 4.74 Å². The molecule has 0 bridgehead atoms. The van der Waals surface area contributed by atoms with Crippen LogP contribution in [0.1, 0.15) is 11.1 Å². The molecule has 1 N–H and O–H groups in total. The Morgan fingerprint density at radius 1 is 1.04 bits per heavy atom. The zero-order chi connectivity index (χ0) is 15.8. The van der Waals surface area contributed by atoms with E-state index in [4.69, 9.17) is 9.72 Å². The second kappa shape index (κ2) is 5.70. The number of aromatic amines is 1. The van der Waals surface area contributed by atoms with Crippen molar-refractivity contribution >= 4 is 16.7 Å². The van der Waals surface area contributed by atoms with Gasteiger partial charge in [0, 0.05) is 24.3 Å². The molecule has 0 aliphatic carbocycles. The van der Waals surface area contributed by atoms with Crippen molar-refractivity contribution in [3.8, 4) is 11.4 Å². The molecule has 0 atom stereocenters. The number of nitrogens with zero attached hydrogens (tertiary/aromatic N) is 2. The fraction of sp³-hybridized carbons (Fsp3) is 0.316. The minimum absolute atomic E-state index is 0.809. The number of H-pyrrole nitrogens is 1. The first kappa shape index (κ1) is 14.3. The predicted molar refractivity (Wildman–Crippen MR) is 94.0 cm³/mol. The largest absolute Gasteiger partial charge is 0.378 e. The van der Waals surface area contributed by atoms with E-state index in [0.29, 0.717) is 0 Å². The van der Waals surface area contributed by atoms with Crippen molar-refractivity contribution in [3.63, 3.8) is 0 Å². The van der Waals surface area contributed by atoms with Crippen molar-refractivity contribution in [1.82, 2.24) is 9.97 Å². The van der Waals surface area contributed by atoms with Crippen molar-refractivity contribution in [1.29, 1.82) is 0 Å². The monoisotopic (exact) mass is 307 g/mol. The van der Waals surface area contributed by atoms with Gasteiger partial charge in [-0.05, 0) is 49.2 Å². The van der Waals surface area contributed by atoms with Gasteiger partial charge < -0.3 is 14.6 Å². The zero-order valence-electron chi connectivity index (χ0n) is 13.6. The van der Waals surface area contributed by atoms with Crippen molar-refractivity contribution < 1.29 is 4.74 Å². The number of benzene rings is 2. The van der Waals surface area contributed by atoms with Crippen LogP contribution >= 0.6 is 0 Å². The maximum Gasteiger partial charge on any atom is 0.139 e. The highest BCUT2D eigenvalue weighted by Crippen LogP contribution is 2.31. The molecule has 4 nitrogen and oxygen atoms in total. The van der Waals surface area contributed by atoms with E-state index in [2.05, 4.69) is 41.9 Å². The van der Waals surface area contributed by atoms with Crippen LogP contribution in [-0.4, -0.2) is 36.3 Å². The Morgan fingerprint density at radius 2 is 1.74 bits per heavy atom. The average Bonchev–Trinajstić information content (AvgIpc) is 2.98. The van der Waals surface area contributed by atoms with Gasteiger partial charge in [-0.15, -0.1) is 0 Å². The van der Waals surface area contributed by atoms with Crippen LogP contribution in [0.2, 0.25) is 0 Å². The Hall–Kier alpha value is -2.33. The van der Waals surface area contributed by atoms with Gasteiger partial charge in [0.2, 0.25) is 0 Å². The summed E-state index contributed by atoms with van der Waals surface area (Å²) >= 11 is 0. The number of aromatic nitrogens is 2. The van der Waals surface area contributed by atoms with E-state index in [9.17, 15) is 0 Å². The van der Waals surface area contributed by atoms with Gasteiger partial charge in [0.1, 0.15) is 5.82 Å². The first-order chi connectivity index (χ1) is 11.2. The number of ether oxygens (including phenoxy) is 1. The Kier molecular flexibility index (Phi) is 3.54. The summed E-state index contributed by atoms with van der Waals surface area (Å²) in [6.45, 7) is 7.87. The van der Waals surface area contributed by atoms with Crippen LogP contribution in [0.25, 0.3) is 22.4 Å². The molecule has 1 aliphatic rings. The molecule has 4 heteroatoms. The molecule has 1 fully saturated rings. The molecule has 0 unspecified atom stereocenters. The molecular formula is C19H21N3O. The van der Waals surface area contributed by atoms with E-state index in [-0.39, 0.29) is 0 Å². The number of hydrogen-bond acceptors (Lipinski definition) is 3. The van der Waals surface area contributed by atoms with Crippen molar-refractivity contribution in [2.45, 2.75) is 13.8 Å². The van der Waals surface area contributed by atoms with E-state index in [1.54, 1.807) is 0 Å². The molecule has 3 aromatic rings. The fourth-order valence-corrected chi connectivity index (χ4v) is 3.39. The highest BCUT2D eigenvalue weighted by Gasteiger charge is 2.16. The molecule has 0 radical (unpaired) electrons. The SMILES string of the molecule is Cc1cc(N2CCOCC2)cc(C)c1-c1nc2ccccc2[nH]1. The normalized spacial score (nSPS) is 15.3. The second-order valence-electron chi connectivity index (χ2n) is 6.16. The van der Waals surface area contributed by atoms with Crippen molar-refractivity contribution in [3.05, 3.63) is 47.5 Å². The lowest BCUT2D eigenvalue weighted by Gasteiger charge is -2.29. The summed E-state index contributed by atoms with van der Waals surface area (Å²) in [4.78, 5) is 10.6. The first-order valence-corrected chi connectivity index (χ1v) is 8.11. The predicted octanol–water partition coefficient (Wildman–Crippen LogP) is 3.68. The summed E-state index contributed by atoms with van der Waals surface area (Å²) in [5, 5.41) is 0. The highest BCUT2D eigenvalue weighted by molar-refractivity contribution is 5.81. The third-order valence-corrected chi connectivity index (χ3v) is 4.52. The molecule has 4 rings (SSSR count). The van der Waals surface area contributed by atoms with Gasteiger partial charge in [-0.2, -0.15) is 0 Å². The third-order valence-electron chi connectivity index (χ3n) is 4.52. The third kappa shape index (κ3) is 2.59. The maximum absolute atomic E-state index is 5.45. The van der Waals surface area contributed by atoms with Gasteiger partial charge in [-0.25, -0.2) is 4.98 Å². The molecule has 1 aromatic heterocycles. The molecule has 0 saturated carbocycles. The number of para-hydroxylation sites is 2. The van der Waals surface area contributed by atoms with E-state index in [1.165, 1.54) is 22.4 Å². The van der Waals surface area contributed by atoms with E-state index in [0.717, 1.165) is 43.2 Å².